The number of anilines is 1. The minimum Gasteiger partial charge on any atom is -0.490 e. The Morgan fingerprint density at radius 3 is 2.81 bits per heavy atom. The van der Waals surface area contributed by atoms with Crippen LogP contribution in [-0.4, -0.2) is 25.7 Å². The lowest BCUT2D eigenvalue weighted by molar-refractivity contribution is 0.297. The molecule has 1 aromatic rings. The van der Waals surface area contributed by atoms with E-state index in [2.05, 4.69) is 16.4 Å². The molecule has 6 nitrogen and oxygen atoms in total. The topological polar surface area (TPSA) is 92.7 Å². The van der Waals surface area contributed by atoms with E-state index in [4.69, 9.17) is 20.5 Å². The van der Waals surface area contributed by atoms with Gasteiger partial charge in [0.25, 0.3) is 0 Å². The number of hydrogen-bond donors (Lipinski definition) is 2. The molecule has 0 spiro atoms. The molecule has 1 aliphatic heterocycles. The number of hydrogen-bond acceptors (Lipinski definition) is 4. The number of ether oxygens (including phenoxy) is 2. The third-order valence-corrected chi connectivity index (χ3v) is 2.97. The Labute approximate surface area is 124 Å². The number of fused-ring (bicyclic) bond motifs is 1. The van der Waals surface area contributed by atoms with E-state index in [-0.39, 0.29) is 5.96 Å². The first kappa shape index (κ1) is 15.0. The van der Waals surface area contributed by atoms with E-state index in [1.807, 2.05) is 32.0 Å². The fourth-order valence-corrected chi connectivity index (χ4v) is 1.75. The lowest BCUT2D eigenvalue weighted by atomic mass is 9.96. The third-order valence-electron chi connectivity index (χ3n) is 2.97. The predicted molar refractivity (Wildman–Crippen MR) is 81.6 cm³/mol. The van der Waals surface area contributed by atoms with Crippen LogP contribution in [0.4, 0.5) is 5.69 Å². The highest BCUT2D eigenvalue weighted by Gasteiger charge is 2.16. The molecule has 0 unspecified atom stereocenters. The summed E-state index contributed by atoms with van der Waals surface area (Å²) < 4.78 is 11.2. The summed E-state index contributed by atoms with van der Waals surface area (Å²) in [4.78, 5) is 4.18. The molecule has 21 heavy (non-hydrogen) atoms. The van der Waals surface area contributed by atoms with Crippen LogP contribution in [0.5, 0.6) is 11.5 Å². The van der Waals surface area contributed by atoms with E-state index in [1.54, 1.807) is 0 Å². The summed E-state index contributed by atoms with van der Waals surface area (Å²) in [6, 6.07) is 7.71. The maximum atomic E-state index is 8.94. The van der Waals surface area contributed by atoms with Crippen LogP contribution in [0.1, 0.15) is 20.3 Å². The molecular weight excluding hydrogens is 268 g/mol. The summed E-state index contributed by atoms with van der Waals surface area (Å²) in [6.07, 6.45) is 0.865. The zero-order valence-corrected chi connectivity index (χ0v) is 12.3. The van der Waals surface area contributed by atoms with Crippen LogP contribution < -0.4 is 20.5 Å². The van der Waals surface area contributed by atoms with Crippen LogP contribution in [0.25, 0.3) is 0 Å². The summed E-state index contributed by atoms with van der Waals surface area (Å²) in [6.45, 7) is 5.27. The Balaban J connectivity index is 2.05. The largest absolute Gasteiger partial charge is 0.490 e. The van der Waals surface area contributed by atoms with E-state index < -0.39 is 5.41 Å². The van der Waals surface area contributed by atoms with Gasteiger partial charge in [0.05, 0.1) is 31.2 Å². The van der Waals surface area contributed by atoms with E-state index in [0.29, 0.717) is 25.5 Å². The molecule has 0 amide bonds. The van der Waals surface area contributed by atoms with Crippen molar-refractivity contribution in [1.29, 1.82) is 5.26 Å². The molecule has 0 saturated carbocycles. The molecular formula is C15H20N4O2. The number of guanidine groups is 1. The molecule has 2 rings (SSSR count). The van der Waals surface area contributed by atoms with E-state index in [9.17, 15) is 0 Å². The van der Waals surface area contributed by atoms with Crippen molar-refractivity contribution in [3.63, 3.8) is 0 Å². The molecule has 0 radical (unpaired) electrons. The Morgan fingerprint density at radius 1 is 1.38 bits per heavy atom. The van der Waals surface area contributed by atoms with Gasteiger partial charge in [0.1, 0.15) is 0 Å². The second-order valence-electron chi connectivity index (χ2n) is 5.53. The number of rotatable bonds is 3. The Bertz CT molecular complexity index is 576. The lowest BCUT2D eigenvalue weighted by Crippen LogP contribution is -2.25. The Kier molecular flexibility index (Phi) is 4.53. The first-order chi connectivity index (χ1) is 10.00. The molecule has 0 fully saturated rings. The number of nitrogens with one attached hydrogen (secondary N) is 1. The molecule has 0 aliphatic carbocycles. The van der Waals surface area contributed by atoms with Crippen LogP contribution in [0, 0.1) is 16.7 Å². The van der Waals surface area contributed by atoms with Crippen molar-refractivity contribution in [3.05, 3.63) is 18.2 Å². The van der Waals surface area contributed by atoms with Crippen LogP contribution in [0.15, 0.2) is 23.2 Å². The molecule has 1 aliphatic rings. The summed E-state index contributed by atoms with van der Waals surface area (Å²) in [5.41, 5.74) is 6.07. The van der Waals surface area contributed by atoms with Crippen molar-refractivity contribution in [1.82, 2.24) is 0 Å². The molecule has 0 aromatic heterocycles. The second-order valence-corrected chi connectivity index (χ2v) is 5.53. The molecule has 1 heterocycles. The normalized spacial score (nSPS) is 15.0. The van der Waals surface area contributed by atoms with Gasteiger partial charge in [0.15, 0.2) is 17.5 Å². The maximum absolute atomic E-state index is 8.94. The number of nitrogens with two attached hydrogens (primary N) is 1. The van der Waals surface area contributed by atoms with Gasteiger partial charge >= 0.3 is 0 Å². The number of benzene rings is 1. The van der Waals surface area contributed by atoms with Gasteiger partial charge in [0.2, 0.25) is 0 Å². The van der Waals surface area contributed by atoms with E-state index in [1.165, 1.54) is 0 Å². The molecule has 3 N–H and O–H groups in total. The summed E-state index contributed by atoms with van der Waals surface area (Å²) in [7, 11) is 0. The first-order valence-electron chi connectivity index (χ1n) is 6.88. The molecule has 0 atom stereocenters. The number of aliphatic imine (C=N–C) groups is 1. The monoisotopic (exact) mass is 288 g/mol. The minimum absolute atomic E-state index is 0.271. The van der Waals surface area contributed by atoms with Crippen LogP contribution in [0.3, 0.4) is 0 Å². The minimum atomic E-state index is -0.531. The summed E-state index contributed by atoms with van der Waals surface area (Å²) in [5, 5.41) is 11.9. The fourth-order valence-electron chi connectivity index (χ4n) is 1.75. The smallest absolute Gasteiger partial charge is 0.193 e. The van der Waals surface area contributed by atoms with E-state index in [0.717, 1.165) is 17.9 Å². The van der Waals surface area contributed by atoms with Gasteiger partial charge in [-0.2, -0.15) is 5.26 Å². The number of nitriles is 1. The van der Waals surface area contributed by atoms with Gasteiger partial charge in [-0.3, -0.25) is 4.99 Å². The van der Waals surface area contributed by atoms with Crippen molar-refractivity contribution in [2.24, 2.45) is 16.1 Å². The van der Waals surface area contributed by atoms with Crippen molar-refractivity contribution in [3.8, 4) is 17.6 Å². The van der Waals surface area contributed by atoms with Crippen LogP contribution in [-0.2, 0) is 0 Å². The second kappa shape index (κ2) is 6.35. The van der Waals surface area contributed by atoms with Gasteiger partial charge in [-0.25, -0.2) is 0 Å². The van der Waals surface area contributed by atoms with Gasteiger partial charge in [0, 0.05) is 18.2 Å². The van der Waals surface area contributed by atoms with Gasteiger partial charge in [-0.15, -0.1) is 0 Å². The molecule has 0 bridgehead atoms. The van der Waals surface area contributed by atoms with Crippen molar-refractivity contribution in [2.75, 3.05) is 25.1 Å². The Morgan fingerprint density at radius 2 is 2.10 bits per heavy atom. The highest BCUT2D eigenvalue weighted by Crippen LogP contribution is 2.32. The molecule has 6 heteroatoms. The highest BCUT2D eigenvalue weighted by atomic mass is 16.5. The number of nitrogens with zero attached hydrogens (tertiary/aromatic N) is 2. The van der Waals surface area contributed by atoms with Gasteiger partial charge in [-0.05, 0) is 26.0 Å². The molecule has 1 aromatic carbocycles. The molecule has 0 saturated heterocycles. The lowest BCUT2D eigenvalue weighted by Gasteiger charge is -2.13. The van der Waals surface area contributed by atoms with Gasteiger partial charge < -0.3 is 20.5 Å². The maximum Gasteiger partial charge on any atom is 0.193 e. The molecule has 112 valence electrons. The first-order valence-corrected chi connectivity index (χ1v) is 6.88. The third kappa shape index (κ3) is 4.28. The average Bonchev–Trinajstić information content (AvgIpc) is 2.70. The van der Waals surface area contributed by atoms with Crippen LogP contribution in [0.2, 0.25) is 0 Å². The van der Waals surface area contributed by atoms with Crippen molar-refractivity contribution in [2.45, 2.75) is 20.3 Å². The van der Waals surface area contributed by atoms with Crippen molar-refractivity contribution < 1.29 is 9.47 Å². The predicted octanol–water partition coefficient (Wildman–Crippen LogP) is 2.12. The SMILES string of the molecule is CC(C)(C#N)CN=C(N)Nc1ccc2c(c1)OCCCO2. The standard InChI is InChI=1S/C15H20N4O2/c1-15(2,9-16)10-18-14(17)19-11-4-5-12-13(8-11)21-7-3-6-20-12/h4-5,8H,3,6-7,10H2,1-2H3,(H3,17,18,19). The fraction of sp³-hybridized carbons (Fsp3) is 0.467. The quantitative estimate of drug-likeness (QED) is 0.656. The highest BCUT2D eigenvalue weighted by molar-refractivity contribution is 5.92. The summed E-state index contributed by atoms with van der Waals surface area (Å²) >= 11 is 0. The van der Waals surface area contributed by atoms with Crippen molar-refractivity contribution >= 4 is 11.6 Å². The Hall–Kier alpha value is -2.42. The zero-order valence-electron chi connectivity index (χ0n) is 12.3. The van der Waals surface area contributed by atoms with Gasteiger partial charge in [-0.1, -0.05) is 0 Å². The van der Waals surface area contributed by atoms with E-state index >= 15 is 0 Å². The average molecular weight is 288 g/mol. The summed E-state index contributed by atoms with van der Waals surface area (Å²) in [5.74, 6) is 1.70. The van der Waals surface area contributed by atoms with Crippen LogP contribution >= 0.6 is 0 Å². The zero-order chi connectivity index (χ0) is 15.3.